The molecule has 76 valence electrons. The summed E-state index contributed by atoms with van der Waals surface area (Å²) < 4.78 is 5.20. The summed E-state index contributed by atoms with van der Waals surface area (Å²) in [7, 11) is 0. The fraction of sp³-hybridized carbons (Fsp3) is 0.125. The number of aromatic nitrogens is 4. The van der Waals surface area contributed by atoms with Gasteiger partial charge in [0.05, 0.1) is 6.20 Å². The Labute approximate surface area is 89.1 Å². The summed E-state index contributed by atoms with van der Waals surface area (Å²) >= 11 is 0.887. The molecule has 0 aromatic carbocycles. The monoisotopic (exact) mass is 222 g/mol. The highest BCUT2D eigenvalue weighted by atomic mass is 32.2. The molecule has 0 aliphatic rings. The van der Waals surface area contributed by atoms with Gasteiger partial charge in [-0.2, -0.15) is 0 Å². The van der Waals surface area contributed by atoms with Crippen LogP contribution in [0.15, 0.2) is 28.2 Å². The van der Waals surface area contributed by atoms with Crippen LogP contribution in [0.4, 0.5) is 0 Å². The molecule has 15 heavy (non-hydrogen) atoms. The van der Waals surface area contributed by atoms with E-state index in [4.69, 9.17) is 4.42 Å². The maximum absolute atomic E-state index is 10.8. The lowest BCUT2D eigenvalue weighted by molar-refractivity contribution is -0.109. The molecule has 0 N–H and O–H groups in total. The lowest BCUT2D eigenvalue weighted by Gasteiger charge is -1.90. The van der Waals surface area contributed by atoms with Crippen LogP contribution in [-0.2, 0) is 4.79 Å². The maximum atomic E-state index is 10.8. The molecular weight excluding hydrogens is 216 g/mol. The molecule has 0 bridgehead atoms. The van der Waals surface area contributed by atoms with Gasteiger partial charge in [0, 0.05) is 31.1 Å². The van der Waals surface area contributed by atoms with Crippen LogP contribution in [0.2, 0.25) is 0 Å². The standard InChI is InChI=1S/C8H6N4O2S/c1-5(13)15-8-12-11-7(14-8)6-4-9-2-3-10-6/h2-4H,1H3. The largest absolute Gasteiger partial charge is 0.409 e. The van der Waals surface area contributed by atoms with E-state index >= 15 is 0 Å². The summed E-state index contributed by atoms with van der Waals surface area (Å²) in [5, 5.41) is 7.54. The third kappa shape index (κ3) is 2.38. The SMILES string of the molecule is CC(=O)Sc1nnc(-c2cnccn2)o1. The molecule has 0 saturated carbocycles. The number of thioether (sulfide) groups is 1. The highest BCUT2D eigenvalue weighted by Crippen LogP contribution is 2.21. The van der Waals surface area contributed by atoms with Crippen LogP contribution in [0, 0.1) is 0 Å². The molecular formula is C8H6N4O2S. The Morgan fingerprint density at radius 2 is 2.27 bits per heavy atom. The lowest BCUT2D eigenvalue weighted by Crippen LogP contribution is -1.83. The van der Waals surface area contributed by atoms with E-state index in [1.54, 1.807) is 6.20 Å². The molecule has 0 spiro atoms. The van der Waals surface area contributed by atoms with Crippen molar-refractivity contribution in [2.24, 2.45) is 0 Å². The highest BCUT2D eigenvalue weighted by Gasteiger charge is 2.11. The van der Waals surface area contributed by atoms with Crippen molar-refractivity contribution in [2.75, 3.05) is 0 Å². The molecule has 0 saturated heterocycles. The van der Waals surface area contributed by atoms with Crippen molar-refractivity contribution < 1.29 is 9.21 Å². The van der Waals surface area contributed by atoms with E-state index in [2.05, 4.69) is 20.2 Å². The Hall–Kier alpha value is -1.76. The van der Waals surface area contributed by atoms with Crippen LogP contribution >= 0.6 is 11.8 Å². The minimum absolute atomic E-state index is 0.107. The molecule has 6 nitrogen and oxygen atoms in total. The summed E-state index contributed by atoms with van der Waals surface area (Å²) in [6.45, 7) is 1.43. The first kappa shape index (κ1) is 9.78. The normalized spacial score (nSPS) is 10.2. The average molecular weight is 222 g/mol. The Morgan fingerprint density at radius 1 is 1.40 bits per heavy atom. The molecule has 2 heterocycles. The second-order valence-electron chi connectivity index (χ2n) is 2.56. The Bertz CT molecular complexity index is 471. The Morgan fingerprint density at radius 3 is 2.93 bits per heavy atom. The van der Waals surface area contributed by atoms with Crippen LogP contribution in [0.5, 0.6) is 0 Å². The van der Waals surface area contributed by atoms with Gasteiger partial charge in [0.25, 0.3) is 11.1 Å². The van der Waals surface area contributed by atoms with Crippen molar-refractivity contribution in [3.63, 3.8) is 0 Å². The number of rotatable bonds is 2. The van der Waals surface area contributed by atoms with Crippen molar-refractivity contribution in [2.45, 2.75) is 12.1 Å². The Balaban J connectivity index is 2.24. The Kier molecular flexibility index (Phi) is 2.72. The second-order valence-corrected chi connectivity index (χ2v) is 3.69. The highest BCUT2D eigenvalue weighted by molar-refractivity contribution is 8.13. The molecule has 0 fully saturated rings. The molecule has 2 aromatic rings. The van der Waals surface area contributed by atoms with Crippen LogP contribution in [0.1, 0.15) is 6.92 Å². The minimum atomic E-state index is -0.107. The van der Waals surface area contributed by atoms with E-state index < -0.39 is 0 Å². The average Bonchev–Trinajstić information content (AvgIpc) is 2.67. The van der Waals surface area contributed by atoms with Crippen LogP contribution in [0.3, 0.4) is 0 Å². The second kappa shape index (κ2) is 4.18. The van der Waals surface area contributed by atoms with Gasteiger partial charge in [0.15, 0.2) is 5.12 Å². The minimum Gasteiger partial charge on any atom is -0.409 e. The van der Waals surface area contributed by atoms with Crippen LogP contribution < -0.4 is 0 Å². The van der Waals surface area contributed by atoms with Crippen molar-refractivity contribution in [1.82, 2.24) is 20.2 Å². The molecule has 0 aliphatic carbocycles. The maximum Gasteiger partial charge on any atom is 0.284 e. The molecule has 0 unspecified atom stereocenters. The zero-order valence-electron chi connectivity index (χ0n) is 7.75. The molecule has 0 atom stereocenters. The molecule has 7 heteroatoms. The zero-order chi connectivity index (χ0) is 10.7. The van der Waals surface area contributed by atoms with Gasteiger partial charge >= 0.3 is 0 Å². The van der Waals surface area contributed by atoms with Crippen LogP contribution in [0.25, 0.3) is 11.6 Å². The quantitative estimate of drug-likeness (QED) is 0.705. The smallest absolute Gasteiger partial charge is 0.284 e. The van der Waals surface area contributed by atoms with Gasteiger partial charge in [-0.3, -0.25) is 9.78 Å². The summed E-state index contributed by atoms with van der Waals surface area (Å²) in [6, 6.07) is 0. The van der Waals surface area contributed by atoms with Crippen molar-refractivity contribution in [3.8, 4) is 11.6 Å². The number of nitrogens with zero attached hydrogens (tertiary/aromatic N) is 4. The van der Waals surface area contributed by atoms with E-state index in [1.165, 1.54) is 19.3 Å². The van der Waals surface area contributed by atoms with Gasteiger partial charge in [-0.05, 0) is 0 Å². The van der Waals surface area contributed by atoms with Gasteiger partial charge in [0.2, 0.25) is 0 Å². The third-order valence-electron chi connectivity index (χ3n) is 1.42. The van der Waals surface area contributed by atoms with Gasteiger partial charge in [0.1, 0.15) is 5.69 Å². The number of carbonyl (C=O) groups excluding carboxylic acids is 1. The first-order valence-corrected chi connectivity index (χ1v) is 4.85. The molecule has 0 amide bonds. The van der Waals surface area contributed by atoms with E-state index in [9.17, 15) is 4.79 Å². The fourth-order valence-corrected chi connectivity index (χ4v) is 1.34. The predicted octanol–water partition coefficient (Wildman–Crippen LogP) is 1.17. The van der Waals surface area contributed by atoms with E-state index in [-0.39, 0.29) is 16.2 Å². The molecule has 0 aliphatic heterocycles. The summed E-state index contributed by atoms with van der Waals surface area (Å²) in [6.07, 6.45) is 4.58. The van der Waals surface area contributed by atoms with Crippen molar-refractivity contribution >= 4 is 16.9 Å². The molecule has 2 rings (SSSR count). The van der Waals surface area contributed by atoms with Gasteiger partial charge < -0.3 is 4.42 Å². The summed E-state index contributed by atoms with van der Waals surface area (Å²) in [5.74, 6) is 0.256. The summed E-state index contributed by atoms with van der Waals surface area (Å²) in [5.41, 5.74) is 0.486. The first-order chi connectivity index (χ1) is 7.25. The van der Waals surface area contributed by atoms with Gasteiger partial charge in [-0.15, -0.1) is 10.2 Å². The molecule has 0 radical (unpaired) electrons. The third-order valence-corrected chi connectivity index (χ3v) is 2.05. The van der Waals surface area contributed by atoms with Gasteiger partial charge in [-0.25, -0.2) is 4.98 Å². The van der Waals surface area contributed by atoms with Crippen molar-refractivity contribution in [3.05, 3.63) is 18.6 Å². The van der Waals surface area contributed by atoms with E-state index in [1.807, 2.05) is 0 Å². The fourth-order valence-electron chi connectivity index (χ4n) is 0.887. The van der Waals surface area contributed by atoms with Crippen LogP contribution in [-0.4, -0.2) is 25.3 Å². The van der Waals surface area contributed by atoms with E-state index in [0.29, 0.717) is 5.69 Å². The first-order valence-electron chi connectivity index (χ1n) is 4.04. The predicted molar refractivity (Wildman–Crippen MR) is 51.9 cm³/mol. The summed E-state index contributed by atoms with van der Waals surface area (Å²) in [4.78, 5) is 18.6. The number of hydrogen-bond donors (Lipinski definition) is 0. The lowest BCUT2D eigenvalue weighted by atomic mass is 10.4. The zero-order valence-corrected chi connectivity index (χ0v) is 8.56. The number of hydrogen-bond acceptors (Lipinski definition) is 7. The molecule has 2 aromatic heterocycles. The number of carbonyl (C=O) groups is 1. The topological polar surface area (TPSA) is 81.8 Å². The van der Waals surface area contributed by atoms with Crippen molar-refractivity contribution in [1.29, 1.82) is 0 Å². The van der Waals surface area contributed by atoms with E-state index in [0.717, 1.165) is 11.8 Å². The van der Waals surface area contributed by atoms with Gasteiger partial charge in [-0.1, -0.05) is 0 Å².